The van der Waals surface area contributed by atoms with Crippen LogP contribution in [0.4, 0.5) is 18.9 Å². The van der Waals surface area contributed by atoms with E-state index in [4.69, 9.17) is 9.90 Å². The van der Waals surface area contributed by atoms with Crippen LogP contribution in [-0.2, 0) is 14.4 Å². The van der Waals surface area contributed by atoms with Crippen LogP contribution in [0.25, 0.3) is 5.69 Å². The first-order valence-electron chi connectivity index (χ1n) is 8.37. The van der Waals surface area contributed by atoms with Crippen molar-refractivity contribution in [1.29, 1.82) is 0 Å². The normalized spacial score (nSPS) is 10.6. The van der Waals surface area contributed by atoms with E-state index in [1.54, 1.807) is 13.4 Å². The summed E-state index contributed by atoms with van der Waals surface area (Å²) in [5.41, 5.74) is 3.77. The Morgan fingerprint density at radius 3 is 2.00 bits per heavy atom. The predicted molar refractivity (Wildman–Crippen MR) is 98.7 cm³/mol. The van der Waals surface area contributed by atoms with Gasteiger partial charge in [-0.2, -0.15) is 13.2 Å². The highest BCUT2D eigenvalue weighted by molar-refractivity contribution is 5.93. The maximum Gasteiger partial charge on any atom is 0.490 e. The molecule has 0 unspecified atom stereocenters. The Labute approximate surface area is 164 Å². The SMILES string of the molecule is CNC(=O)CCC(=O)Nc1ccc(-n2cnc(C)c2C)cc1.O=C(O)C(F)(F)F. The molecule has 0 saturated heterocycles. The Balaban J connectivity index is 0.000000516. The molecule has 2 amide bonds. The van der Waals surface area contributed by atoms with E-state index in [9.17, 15) is 22.8 Å². The highest BCUT2D eigenvalue weighted by atomic mass is 19.4. The zero-order valence-corrected chi connectivity index (χ0v) is 16.0. The van der Waals surface area contributed by atoms with Crippen molar-refractivity contribution in [3.05, 3.63) is 42.0 Å². The van der Waals surface area contributed by atoms with Crippen LogP contribution in [0.3, 0.4) is 0 Å². The van der Waals surface area contributed by atoms with Gasteiger partial charge in [0.2, 0.25) is 11.8 Å². The van der Waals surface area contributed by atoms with Crippen LogP contribution >= 0.6 is 0 Å². The third-order valence-electron chi connectivity index (χ3n) is 3.78. The smallest absolute Gasteiger partial charge is 0.475 e. The van der Waals surface area contributed by atoms with Crippen LogP contribution in [0.1, 0.15) is 24.2 Å². The van der Waals surface area contributed by atoms with Gasteiger partial charge in [-0.05, 0) is 38.1 Å². The van der Waals surface area contributed by atoms with E-state index < -0.39 is 12.1 Å². The molecule has 0 saturated carbocycles. The highest BCUT2D eigenvalue weighted by Crippen LogP contribution is 2.17. The summed E-state index contributed by atoms with van der Waals surface area (Å²) in [5, 5.41) is 12.4. The third-order valence-corrected chi connectivity index (χ3v) is 3.78. The van der Waals surface area contributed by atoms with Gasteiger partial charge >= 0.3 is 12.1 Å². The second-order valence-electron chi connectivity index (χ2n) is 5.86. The topological polar surface area (TPSA) is 113 Å². The third kappa shape index (κ3) is 7.64. The number of imidazole rings is 1. The molecule has 0 spiro atoms. The molecule has 1 aromatic heterocycles. The van der Waals surface area contributed by atoms with Gasteiger partial charge in [0, 0.05) is 37.0 Å². The number of amides is 2. The van der Waals surface area contributed by atoms with Crippen molar-refractivity contribution >= 4 is 23.5 Å². The Morgan fingerprint density at radius 2 is 1.59 bits per heavy atom. The van der Waals surface area contributed by atoms with Crippen molar-refractivity contribution in [2.24, 2.45) is 0 Å². The summed E-state index contributed by atoms with van der Waals surface area (Å²) in [5.74, 6) is -3.07. The molecule has 11 heteroatoms. The first kappa shape index (κ1) is 23.7. The van der Waals surface area contributed by atoms with Crippen molar-refractivity contribution < 1.29 is 32.7 Å². The van der Waals surface area contributed by atoms with Crippen LogP contribution in [0, 0.1) is 13.8 Å². The average Bonchev–Trinajstić information content (AvgIpc) is 2.99. The number of carboxylic acids is 1. The van der Waals surface area contributed by atoms with Gasteiger partial charge in [-0.25, -0.2) is 9.78 Å². The van der Waals surface area contributed by atoms with Gasteiger partial charge in [-0.1, -0.05) is 0 Å². The Bertz CT molecular complexity index is 861. The Hall–Kier alpha value is -3.37. The van der Waals surface area contributed by atoms with Crippen LogP contribution in [0.2, 0.25) is 0 Å². The first-order valence-corrected chi connectivity index (χ1v) is 8.37. The summed E-state index contributed by atoms with van der Waals surface area (Å²) in [6.45, 7) is 3.98. The number of hydrogen-bond donors (Lipinski definition) is 3. The Kier molecular flexibility index (Phi) is 8.37. The van der Waals surface area contributed by atoms with Crippen molar-refractivity contribution in [2.75, 3.05) is 12.4 Å². The zero-order chi connectivity index (χ0) is 22.2. The van der Waals surface area contributed by atoms with Gasteiger partial charge in [0.15, 0.2) is 0 Å². The van der Waals surface area contributed by atoms with Gasteiger partial charge in [0.25, 0.3) is 0 Å². The number of carbonyl (C=O) groups is 3. The molecular weight excluding hydrogens is 393 g/mol. The number of nitrogens with zero attached hydrogens (tertiary/aromatic N) is 2. The molecule has 0 aliphatic carbocycles. The number of benzene rings is 1. The van der Waals surface area contributed by atoms with Crippen LogP contribution < -0.4 is 10.6 Å². The summed E-state index contributed by atoms with van der Waals surface area (Å²) in [6.07, 6.45) is -2.95. The monoisotopic (exact) mass is 414 g/mol. The number of rotatable bonds is 5. The van der Waals surface area contributed by atoms with E-state index in [0.717, 1.165) is 17.1 Å². The number of carbonyl (C=O) groups excluding carboxylic acids is 2. The van der Waals surface area contributed by atoms with Gasteiger partial charge in [-0.15, -0.1) is 0 Å². The first-order chi connectivity index (χ1) is 13.5. The van der Waals surface area contributed by atoms with E-state index in [1.807, 2.05) is 42.7 Å². The molecule has 8 nitrogen and oxygen atoms in total. The standard InChI is InChI=1S/C16H20N4O2.C2HF3O2/c1-11-12(2)20(10-18-11)14-6-4-13(5-7-14)19-16(22)9-8-15(21)17-3;3-2(4,5)1(6)7/h4-7,10H,8-9H2,1-3H3,(H,17,21)(H,19,22);(H,6,7). The number of alkyl halides is 3. The number of carboxylic acid groups (broad SMARTS) is 1. The average molecular weight is 414 g/mol. The molecule has 1 aromatic carbocycles. The van der Waals surface area contributed by atoms with Gasteiger partial charge < -0.3 is 20.3 Å². The van der Waals surface area contributed by atoms with Crippen molar-refractivity contribution in [3.8, 4) is 5.69 Å². The van der Waals surface area contributed by atoms with E-state index in [2.05, 4.69) is 15.6 Å². The minimum Gasteiger partial charge on any atom is -0.475 e. The summed E-state index contributed by atoms with van der Waals surface area (Å²) in [4.78, 5) is 36.0. The predicted octanol–water partition coefficient (Wildman–Crippen LogP) is 2.59. The zero-order valence-electron chi connectivity index (χ0n) is 16.0. The van der Waals surface area contributed by atoms with Gasteiger partial charge in [0.05, 0.1) is 12.0 Å². The summed E-state index contributed by atoms with van der Waals surface area (Å²) >= 11 is 0. The lowest BCUT2D eigenvalue weighted by atomic mass is 10.2. The molecule has 3 N–H and O–H groups in total. The minimum absolute atomic E-state index is 0.142. The molecule has 0 aliphatic rings. The molecule has 1 heterocycles. The molecule has 0 bridgehead atoms. The van der Waals surface area contributed by atoms with Crippen molar-refractivity contribution in [2.45, 2.75) is 32.9 Å². The molecule has 0 fully saturated rings. The van der Waals surface area contributed by atoms with Crippen LogP contribution in [-0.4, -0.2) is 45.7 Å². The Morgan fingerprint density at radius 1 is 1.07 bits per heavy atom. The highest BCUT2D eigenvalue weighted by Gasteiger charge is 2.38. The minimum atomic E-state index is -5.08. The van der Waals surface area contributed by atoms with Crippen molar-refractivity contribution in [3.63, 3.8) is 0 Å². The summed E-state index contributed by atoms with van der Waals surface area (Å²) < 4.78 is 33.7. The maximum atomic E-state index is 11.7. The number of aliphatic carboxylic acids is 1. The number of nitrogens with one attached hydrogen (secondary N) is 2. The fourth-order valence-electron chi connectivity index (χ4n) is 2.04. The molecule has 0 aliphatic heterocycles. The van der Waals surface area contributed by atoms with Gasteiger partial charge in [0.1, 0.15) is 0 Å². The number of aryl methyl sites for hydroxylation is 1. The number of hydrogen-bond acceptors (Lipinski definition) is 4. The van der Waals surface area contributed by atoms with E-state index >= 15 is 0 Å². The molecule has 2 aromatic rings. The van der Waals surface area contributed by atoms with Crippen LogP contribution in [0.5, 0.6) is 0 Å². The van der Waals surface area contributed by atoms with Crippen molar-refractivity contribution in [1.82, 2.24) is 14.9 Å². The fraction of sp³-hybridized carbons (Fsp3) is 0.333. The molecule has 0 atom stereocenters. The number of halogens is 3. The number of anilines is 1. The fourth-order valence-corrected chi connectivity index (χ4v) is 2.04. The molecule has 29 heavy (non-hydrogen) atoms. The lowest BCUT2D eigenvalue weighted by molar-refractivity contribution is -0.192. The van der Waals surface area contributed by atoms with Crippen LogP contribution in [0.15, 0.2) is 30.6 Å². The lowest BCUT2D eigenvalue weighted by Crippen LogP contribution is -2.21. The molecule has 158 valence electrons. The maximum absolute atomic E-state index is 11.7. The second-order valence-corrected chi connectivity index (χ2v) is 5.86. The van der Waals surface area contributed by atoms with E-state index in [1.165, 1.54) is 0 Å². The summed E-state index contributed by atoms with van der Waals surface area (Å²) in [7, 11) is 1.55. The van der Waals surface area contributed by atoms with Gasteiger partial charge in [-0.3, -0.25) is 9.59 Å². The molecule has 0 radical (unpaired) electrons. The largest absolute Gasteiger partial charge is 0.490 e. The summed E-state index contributed by atoms with van der Waals surface area (Å²) in [6, 6.07) is 7.51. The van der Waals surface area contributed by atoms with E-state index in [-0.39, 0.29) is 24.7 Å². The molecule has 2 rings (SSSR count). The number of aromatic nitrogens is 2. The lowest BCUT2D eigenvalue weighted by Gasteiger charge is -2.08. The second kappa shape index (κ2) is 10.2. The van der Waals surface area contributed by atoms with E-state index in [0.29, 0.717) is 5.69 Å². The molecular formula is C18H21F3N4O4. The quantitative estimate of drug-likeness (QED) is 0.696.